The van der Waals surface area contributed by atoms with Crippen LogP contribution in [0.4, 0.5) is 5.69 Å². The molecule has 1 aromatic carbocycles. The van der Waals surface area contributed by atoms with E-state index in [-0.39, 0.29) is 23.6 Å². The Bertz CT molecular complexity index is 1420. The van der Waals surface area contributed by atoms with E-state index in [0.29, 0.717) is 41.9 Å². The Labute approximate surface area is 189 Å². The predicted octanol–water partition coefficient (Wildman–Crippen LogP) is 3.43. The number of nitrogens with one attached hydrogen (secondary N) is 1. The van der Waals surface area contributed by atoms with Gasteiger partial charge in [-0.25, -0.2) is 9.97 Å². The number of benzene rings is 1. The Balaban J connectivity index is 1.41. The second-order valence-corrected chi connectivity index (χ2v) is 8.64. The van der Waals surface area contributed by atoms with Gasteiger partial charge in [0.1, 0.15) is 17.8 Å². The summed E-state index contributed by atoms with van der Waals surface area (Å²) in [4.78, 5) is 34.5. The van der Waals surface area contributed by atoms with E-state index in [9.17, 15) is 9.59 Å². The zero-order valence-electron chi connectivity index (χ0n) is 18.7. The fraction of sp³-hybridized carbons (Fsp3) is 0.333. The van der Waals surface area contributed by atoms with E-state index in [0.717, 1.165) is 17.0 Å². The smallest absolute Gasteiger partial charge is 0.297 e. The lowest BCUT2D eigenvalue weighted by Gasteiger charge is -2.30. The van der Waals surface area contributed by atoms with Crippen LogP contribution in [0.2, 0.25) is 0 Å². The first-order chi connectivity index (χ1) is 15.8. The summed E-state index contributed by atoms with van der Waals surface area (Å²) in [7, 11) is 0. The molecule has 5 rings (SSSR count). The molecule has 0 bridgehead atoms. The standard InChI is InChI=1S/C24H24N4O5/c1-4-31-16-7-5-15(6-8-16)26-19(29)11-28-13-25-20-17-9-14-12-32-24(2,3)10-18(14)27-22(17)33-21(20)23(28)30/h5-9,13H,4,10-12H2,1-3H3,(H,26,29). The van der Waals surface area contributed by atoms with Crippen molar-refractivity contribution in [2.24, 2.45) is 0 Å². The number of furan rings is 1. The Morgan fingerprint density at radius 3 is 2.82 bits per heavy atom. The second-order valence-electron chi connectivity index (χ2n) is 8.64. The molecule has 4 heterocycles. The second kappa shape index (κ2) is 8.00. The Kier molecular flexibility index (Phi) is 5.13. The van der Waals surface area contributed by atoms with Crippen molar-refractivity contribution in [3.8, 4) is 5.75 Å². The van der Waals surface area contributed by atoms with E-state index in [1.807, 2.05) is 26.8 Å². The highest BCUT2D eigenvalue weighted by Crippen LogP contribution is 2.31. The van der Waals surface area contributed by atoms with Gasteiger partial charge < -0.3 is 19.2 Å². The fourth-order valence-electron chi connectivity index (χ4n) is 3.95. The van der Waals surface area contributed by atoms with E-state index in [1.165, 1.54) is 10.9 Å². The normalized spacial score (nSPS) is 14.9. The van der Waals surface area contributed by atoms with Crippen LogP contribution in [0.15, 0.2) is 45.9 Å². The maximum absolute atomic E-state index is 13.0. The molecule has 170 valence electrons. The van der Waals surface area contributed by atoms with Gasteiger partial charge in [0.2, 0.25) is 17.2 Å². The van der Waals surface area contributed by atoms with Crippen molar-refractivity contribution in [2.45, 2.75) is 45.9 Å². The largest absolute Gasteiger partial charge is 0.494 e. The molecule has 9 nitrogen and oxygen atoms in total. The van der Waals surface area contributed by atoms with E-state index < -0.39 is 5.56 Å². The molecule has 1 aliphatic rings. The third kappa shape index (κ3) is 4.07. The van der Waals surface area contributed by atoms with E-state index in [4.69, 9.17) is 13.9 Å². The van der Waals surface area contributed by atoms with E-state index in [1.54, 1.807) is 24.3 Å². The van der Waals surface area contributed by atoms with Gasteiger partial charge in [-0.15, -0.1) is 0 Å². The number of amides is 1. The van der Waals surface area contributed by atoms with Crippen LogP contribution in [-0.2, 0) is 29.1 Å². The van der Waals surface area contributed by atoms with Crippen LogP contribution in [0.5, 0.6) is 5.75 Å². The van der Waals surface area contributed by atoms with Gasteiger partial charge in [0.05, 0.1) is 36.2 Å². The monoisotopic (exact) mass is 448 g/mol. The predicted molar refractivity (Wildman–Crippen MR) is 122 cm³/mol. The van der Waals surface area contributed by atoms with Crippen LogP contribution in [0.1, 0.15) is 32.0 Å². The Morgan fingerprint density at radius 1 is 1.27 bits per heavy atom. The molecule has 4 aromatic rings. The summed E-state index contributed by atoms with van der Waals surface area (Å²) >= 11 is 0. The third-order valence-electron chi connectivity index (χ3n) is 5.58. The van der Waals surface area contributed by atoms with Crippen LogP contribution >= 0.6 is 0 Å². The highest BCUT2D eigenvalue weighted by Gasteiger charge is 2.28. The molecule has 33 heavy (non-hydrogen) atoms. The first-order valence-corrected chi connectivity index (χ1v) is 10.8. The van der Waals surface area contributed by atoms with Gasteiger partial charge in [0, 0.05) is 17.7 Å². The average molecular weight is 448 g/mol. The molecule has 1 N–H and O–H groups in total. The maximum Gasteiger partial charge on any atom is 0.297 e. The summed E-state index contributed by atoms with van der Waals surface area (Å²) in [5.41, 5.74) is 2.60. The van der Waals surface area contributed by atoms with Crippen molar-refractivity contribution < 1.29 is 18.7 Å². The van der Waals surface area contributed by atoms with Gasteiger partial charge in [-0.2, -0.15) is 0 Å². The van der Waals surface area contributed by atoms with Crippen LogP contribution in [-0.4, -0.2) is 32.7 Å². The lowest BCUT2D eigenvalue weighted by molar-refractivity contribution is -0.116. The van der Waals surface area contributed by atoms with Crippen LogP contribution in [0.3, 0.4) is 0 Å². The van der Waals surface area contributed by atoms with Crippen LogP contribution < -0.4 is 15.6 Å². The average Bonchev–Trinajstić information content (AvgIpc) is 3.13. The zero-order chi connectivity index (χ0) is 23.2. The number of aromatic nitrogens is 3. The number of anilines is 1. The number of nitrogens with zero attached hydrogens (tertiary/aromatic N) is 3. The molecule has 0 atom stereocenters. The van der Waals surface area contributed by atoms with Crippen molar-refractivity contribution in [1.29, 1.82) is 0 Å². The summed E-state index contributed by atoms with van der Waals surface area (Å²) < 4.78 is 18.3. The number of rotatable bonds is 5. The molecule has 0 saturated carbocycles. The van der Waals surface area contributed by atoms with E-state index in [2.05, 4.69) is 15.3 Å². The number of carbonyl (C=O) groups is 1. The molecule has 0 fully saturated rings. The topological polar surface area (TPSA) is 108 Å². The summed E-state index contributed by atoms with van der Waals surface area (Å²) in [6.07, 6.45) is 2.01. The minimum atomic E-state index is -0.436. The minimum absolute atomic E-state index is 0.0800. The fourth-order valence-corrected chi connectivity index (χ4v) is 3.95. The summed E-state index contributed by atoms with van der Waals surface area (Å²) in [6, 6.07) is 8.95. The number of pyridine rings is 1. The molecule has 0 saturated heterocycles. The van der Waals surface area contributed by atoms with Crippen LogP contribution in [0, 0.1) is 0 Å². The molecule has 0 aliphatic carbocycles. The van der Waals surface area contributed by atoms with Gasteiger partial charge in [-0.05, 0) is 51.1 Å². The SMILES string of the molecule is CCOc1ccc(NC(=O)Cn2cnc3c(oc4nc5c(cc43)COC(C)(C)C5)c2=O)cc1. The zero-order valence-corrected chi connectivity index (χ0v) is 18.7. The summed E-state index contributed by atoms with van der Waals surface area (Å²) in [5.74, 6) is 0.364. The number of ether oxygens (including phenoxy) is 2. The first kappa shape index (κ1) is 21.1. The highest BCUT2D eigenvalue weighted by molar-refractivity contribution is 6.00. The highest BCUT2D eigenvalue weighted by atomic mass is 16.5. The van der Waals surface area contributed by atoms with E-state index >= 15 is 0 Å². The molecular weight excluding hydrogens is 424 g/mol. The van der Waals surface area contributed by atoms with Gasteiger partial charge in [-0.1, -0.05) is 0 Å². The van der Waals surface area contributed by atoms with Crippen molar-refractivity contribution in [2.75, 3.05) is 11.9 Å². The Hall–Kier alpha value is -3.72. The lowest BCUT2D eigenvalue weighted by atomic mass is 9.95. The molecule has 0 unspecified atom stereocenters. The summed E-state index contributed by atoms with van der Waals surface area (Å²) in [6.45, 7) is 6.74. The van der Waals surface area contributed by atoms with Gasteiger partial charge in [0.15, 0.2) is 0 Å². The van der Waals surface area contributed by atoms with Gasteiger partial charge in [-0.3, -0.25) is 14.2 Å². The van der Waals surface area contributed by atoms with Gasteiger partial charge in [0.25, 0.3) is 5.56 Å². The lowest BCUT2D eigenvalue weighted by Crippen LogP contribution is -2.32. The quantitative estimate of drug-likeness (QED) is 0.498. The number of carbonyl (C=O) groups excluding carboxylic acids is 1. The minimum Gasteiger partial charge on any atom is -0.494 e. The summed E-state index contributed by atoms with van der Waals surface area (Å²) in [5, 5.41) is 3.43. The molecule has 0 spiro atoms. The van der Waals surface area contributed by atoms with Crippen molar-refractivity contribution >= 4 is 33.8 Å². The van der Waals surface area contributed by atoms with Gasteiger partial charge >= 0.3 is 0 Å². The molecule has 9 heteroatoms. The van der Waals surface area contributed by atoms with Crippen molar-refractivity contribution in [1.82, 2.24) is 14.5 Å². The number of fused-ring (bicyclic) bond motifs is 4. The number of hydrogen-bond donors (Lipinski definition) is 1. The van der Waals surface area contributed by atoms with Crippen molar-refractivity contribution in [3.05, 3.63) is 58.3 Å². The maximum atomic E-state index is 13.0. The molecular formula is C24H24N4O5. The Morgan fingerprint density at radius 2 is 2.06 bits per heavy atom. The molecule has 1 aliphatic heterocycles. The van der Waals surface area contributed by atoms with Crippen LogP contribution in [0.25, 0.3) is 22.2 Å². The third-order valence-corrected chi connectivity index (χ3v) is 5.58. The molecule has 1 amide bonds. The number of hydrogen-bond acceptors (Lipinski definition) is 7. The molecule has 0 radical (unpaired) electrons. The van der Waals surface area contributed by atoms with Crippen molar-refractivity contribution in [3.63, 3.8) is 0 Å². The first-order valence-electron chi connectivity index (χ1n) is 10.8. The molecule has 3 aromatic heterocycles.